The average Bonchev–Trinajstić information content (AvgIpc) is 2.82. The Hall–Kier alpha value is -2.03. The number of hydrogen-bond acceptors (Lipinski definition) is 6. The monoisotopic (exact) mass is 448 g/mol. The molecule has 0 spiro atoms. The molecule has 3 rings (SSSR count). The van der Waals surface area contributed by atoms with Crippen molar-refractivity contribution in [2.75, 3.05) is 61.2 Å². The summed E-state index contributed by atoms with van der Waals surface area (Å²) in [6.07, 6.45) is 0.944. The van der Waals surface area contributed by atoms with Gasteiger partial charge in [-0.3, -0.25) is 9.89 Å². The van der Waals surface area contributed by atoms with E-state index in [1.54, 1.807) is 21.3 Å². The SMILES string of the molecule is CN=C(NCC(c1ccc(OC)c(OC)c1)N1CCOCC1)NC1CC(C)(OC)C1(C)C. The predicted molar refractivity (Wildman–Crippen MR) is 127 cm³/mol. The molecule has 0 bridgehead atoms. The summed E-state index contributed by atoms with van der Waals surface area (Å²) in [6, 6.07) is 6.59. The van der Waals surface area contributed by atoms with Crippen LogP contribution in [-0.4, -0.2) is 83.7 Å². The fraction of sp³-hybridized carbons (Fsp3) is 0.708. The van der Waals surface area contributed by atoms with Gasteiger partial charge in [-0.05, 0) is 31.0 Å². The molecule has 1 heterocycles. The first kappa shape index (κ1) is 24.6. The van der Waals surface area contributed by atoms with Gasteiger partial charge in [-0.15, -0.1) is 0 Å². The smallest absolute Gasteiger partial charge is 0.191 e. The molecule has 1 aromatic rings. The first-order valence-electron chi connectivity index (χ1n) is 11.4. The van der Waals surface area contributed by atoms with E-state index in [0.29, 0.717) is 12.6 Å². The zero-order valence-corrected chi connectivity index (χ0v) is 20.7. The number of benzene rings is 1. The van der Waals surface area contributed by atoms with Gasteiger partial charge in [0.25, 0.3) is 0 Å². The van der Waals surface area contributed by atoms with E-state index in [4.69, 9.17) is 18.9 Å². The van der Waals surface area contributed by atoms with Gasteiger partial charge in [0.15, 0.2) is 17.5 Å². The molecule has 1 aliphatic heterocycles. The number of nitrogens with one attached hydrogen (secondary N) is 2. The lowest BCUT2D eigenvalue weighted by atomic mass is 9.56. The van der Waals surface area contributed by atoms with E-state index < -0.39 is 0 Å². The topological polar surface area (TPSA) is 76.6 Å². The summed E-state index contributed by atoms with van der Waals surface area (Å²) < 4.78 is 22.3. The number of nitrogens with zero attached hydrogens (tertiary/aromatic N) is 2. The first-order chi connectivity index (χ1) is 15.3. The molecule has 0 radical (unpaired) electrons. The van der Waals surface area contributed by atoms with Crippen LogP contribution in [-0.2, 0) is 9.47 Å². The maximum absolute atomic E-state index is 5.77. The largest absolute Gasteiger partial charge is 0.493 e. The van der Waals surface area contributed by atoms with Gasteiger partial charge in [-0.25, -0.2) is 0 Å². The predicted octanol–water partition coefficient (Wildman–Crippen LogP) is 2.45. The summed E-state index contributed by atoms with van der Waals surface area (Å²) in [5.41, 5.74) is 1.05. The van der Waals surface area contributed by atoms with Gasteiger partial charge < -0.3 is 29.6 Å². The van der Waals surface area contributed by atoms with Crippen LogP contribution in [0.3, 0.4) is 0 Å². The molecule has 1 aliphatic carbocycles. The Kier molecular flexibility index (Phi) is 7.90. The highest BCUT2D eigenvalue weighted by atomic mass is 16.5. The van der Waals surface area contributed by atoms with E-state index in [1.165, 1.54) is 5.56 Å². The van der Waals surface area contributed by atoms with E-state index in [-0.39, 0.29) is 17.1 Å². The van der Waals surface area contributed by atoms with Crippen molar-refractivity contribution in [1.82, 2.24) is 15.5 Å². The molecule has 180 valence electrons. The molecule has 1 saturated heterocycles. The lowest BCUT2D eigenvalue weighted by molar-refractivity contribution is -0.176. The third-order valence-electron chi connectivity index (χ3n) is 7.55. The minimum Gasteiger partial charge on any atom is -0.493 e. The fourth-order valence-corrected chi connectivity index (χ4v) is 4.68. The highest BCUT2D eigenvalue weighted by Crippen LogP contribution is 2.51. The van der Waals surface area contributed by atoms with Crippen LogP contribution in [0.5, 0.6) is 11.5 Å². The quantitative estimate of drug-likeness (QED) is 0.467. The highest BCUT2D eigenvalue weighted by Gasteiger charge is 2.58. The number of methoxy groups -OCH3 is 3. The Morgan fingerprint density at radius 3 is 2.41 bits per heavy atom. The van der Waals surface area contributed by atoms with Crippen molar-refractivity contribution >= 4 is 5.96 Å². The van der Waals surface area contributed by atoms with Crippen molar-refractivity contribution in [3.63, 3.8) is 0 Å². The van der Waals surface area contributed by atoms with Crippen molar-refractivity contribution in [3.8, 4) is 11.5 Å². The molecular weight excluding hydrogens is 408 g/mol. The molecule has 2 N–H and O–H groups in total. The lowest BCUT2D eigenvalue weighted by Crippen LogP contribution is -2.69. The van der Waals surface area contributed by atoms with Crippen LogP contribution in [0.15, 0.2) is 23.2 Å². The van der Waals surface area contributed by atoms with Gasteiger partial charge in [-0.2, -0.15) is 0 Å². The number of morpholine rings is 1. The van der Waals surface area contributed by atoms with Crippen molar-refractivity contribution < 1.29 is 18.9 Å². The minimum absolute atomic E-state index is 0.00628. The number of aliphatic imine (C=N–C) groups is 1. The van der Waals surface area contributed by atoms with Crippen LogP contribution in [0.1, 0.15) is 38.8 Å². The normalized spacial score (nSPS) is 26.7. The Balaban J connectivity index is 1.72. The van der Waals surface area contributed by atoms with Gasteiger partial charge in [-0.1, -0.05) is 19.9 Å². The molecule has 1 aromatic carbocycles. The maximum atomic E-state index is 5.77. The molecule has 32 heavy (non-hydrogen) atoms. The zero-order valence-electron chi connectivity index (χ0n) is 20.7. The molecule has 2 fully saturated rings. The summed E-state index contributed by atoms with van der Waals surface area (Å²) in [5.74, 6) is 2.27. The first-order valence-corrected chi connectivity index (χ1v) is 11.4. The van der Waals surface area contributed by atoms with E-state index in [0.717, 1.165) is 50.2 Å². The molecular formula is C24H40N4O4. The molecule has 0 aromatic heterocycles. The van der Waals surface area contributed by atoms with Crippen LogP contribution in [0, 0.1) is 5.41 Å². The molecule has 2 aliphatic rings. The van der Waals surface area contributed by atoms with Crippen molar-refractivity contribution in [1.29, 1.82) is 0 Å². The standard InChI is InChI=1S/C24H40N4O4/c1-23(2)21(15-24(23,3)31-7)27-22(25-4)26-16-18(28-10-12-32-13-11-28)17-8-9-19(29-5)20(14-17)30-6/h8-9,14,18,21H,10-13,15-16H2,1-7H3,(H2,25,26,27). The molecule has 3 atom stereocenters. The molecule has 8 nitrogen and oxygen atoms in total. The average molecular weight is 449 g/mol. The lowest BCUT2D eigenvalue weighted by Gasteiger charge is -2.59. The van der Waals surface area contributed by atoms with Crippen LogP contribution in [0.2, 0.25) is 0 Å². The maximum Gasteiger partial charge on any atom is 0.191 e. The van der Waals surface area contributed by atoms with Gasteiger partial charge in [0.05, 0.1) is 39.1 Å². The van der Waals surface area contributed by atoms with Gasteiger partial charge in [0, 0.05) is 45.2 Å². The van der Waals surface area contributed by atoms with Crippen molar-refractivity contribution in [3.05, 3.63) is 23.8 Å². The molecule has 8 heteroatoms. The van der Waals surface area contributed by atoms with E-state index in [1.807, 2.05) is 13.1 Å². The molecule has 3 unspecified atom stereocenters. The molecule has 1 saturated carbocycles. The third-order valence-corrected chi connectivity index (χ3v) is 7.55. The second-order valence-electron chi connectivity index (χ2n) is 9.29. The summed E-state index contributed by atoms with van der Waals surface area (Å²) in [6.45, 7) is 10.6. The summed E-state index contributed by atoms with van der Waals surface area (Å²) in [7, 11) is 6.94. The van der Waals surface area contributed by atoms with Crippen LogP contribution < -0.4 is 20.1 Å². The molecule has 0 amide bonds. The van der Waals surface area contributed by atoms with E-state index in [9.17, 15) is 0 Å². The zero-order chi connectivity index (χ0) is 23.4. The summed E-state index contributed by atoms with van der Waals surface area (Å²) in [4.78, 5) is 6.93. The van der Waals surface area contributed by atoms with E-state index in [2.05, 4.69) is 53.4 Å². The second kappa shape index (κ2) is 10.3. The number of guanidine groups is 1. The Morgan fingerprint density at radius 2 is 1.84 bits per heavy atom. The Bertz CT molecular complexity index is 794. The summed E-state index contributed by atoms with van der Waals surface area (Å²) in [5, 5.41) is 7.16. The van der Waals surface area contributed by atoms with Crippen LogP contribution in [0.25, 0.3) is 0 Å². The number of rotatable bonds is 8. The van der Waals surface area contributed by atoms with Crippen LogP contribution in [0.4, 0.5) is 0 Å². The van der Waals surface area contributed by atoms with Crippen molar-refractivity contribution in [2.45, 2.75) is 44.9 Å². The highest BCUT2D eigenvalue weighted by molar-refractivity contribution is 5.80. The van der Waals surface area contributed by atoms with Crippen molar-refractivity contribution in [2.24, 2.45) is 10.4 Å². The summed E-state index contributed by atoms with van der Waals surface area (Å²) >= 11 is 0. The second-order valence-corrected chi connectivity index (χ2v) is 9.29. The van der Waals surface area contributed by atoms with Gasteiger partial charge in [0.1, 0.15) is 0 Å². The number of hydrogen-bond donors (Lipinski definition) is 2. The van der Waals surface area contributed by atoms with E-state index >= 15 is 0 Å². The van der Waals surface area contributed by atoms with Crippen LogP contribution >= 0.6 is 0 Å². The Morgan fingerprint density at radius 1 is 1.16 bits per heavy atom. The minimum atomic E-state index is -0.125. The number of ether oxygens (including phenoxy) is 4. The third kappa shape index (κ3) is 4.82. The fourth-order valence-electron chi connectivity index (χ4n) is 4.68. The van der Waals surface area contributed by atoms with Gasteiger partial charge >= 0.3 is 0 Å². The van der Waals surface area contributed by atoms with Gasteiger partial charge in [0.2, 0.25) is 0 Å². The Labute approximate surface area is 192 Å².